The van der Waals surface area contributed by atoms with Gasteiger partial charge in [0.15, 0.2) is 0 Å². The summed E-state index contributed by atoms with van der Waals surface area (Å²) in [5.41, 5.74) is 4.47. The van der Waals surface area contributed by atoms with Gasteiger partial charge in [-0.05, 0) is 19.3 Å². The van der Waals surface area contributed by atoms with Crippen LogP contribution in [0.25, 0.3) is 0 Å². The molecule has 1 fully saturated rings. The van der Waals surface area contributed by atoms with Gasteiger partial charge in [-0.25, -0.2) is 0 Å². The molecule has 1 aliphatic carbocycles. The zero-order chi connectivity index (χ0) is 8.48. The van der Waals surface area contributed by atoms with Gasteiger partial charge < -0.3 is 15.9 Å². The van der Waals surface area contributed by atoms with Crippen molar-refractivity contribution in [3.05, 3.63) is 0 Å². The quantitative estimate of drug-likeness (QED) is 0.528. The summed E-state index contributed by atoms with van der Waals surface area (Å²) in [4.78, 5) is 10.3. The van der Waals surface area contributed by atoms with Gasteiger partial charge in [0.2, 0.25) is 0 Å². The van der Waals surface area contributed by atoms with Crippen LogP contribution in [0.4, 0.5) is 0 Å². The molecule has 4 N–H and O–H groups in total. The SMILES string of the molecule is NC(CC1(O)CCC1)C(=O)O. The predicted molar refractivity (Wildman–Crippen MR) is 39.0 cm³/mol. The lowest BCUT2D eigenvalue weighted by Gasteiger charge is -2.37. The number of nitrogens with two attached hydrogens (primary N) is 1. The van der Waals surface area contributed by atoms with Crippen LogP contribution in [0, 0.1) is 0 Å². The van der Waals surface area contributed by atoms with Crippen molar-refractivity contribution >= 4 is 5.97 Å². The van der Waals surface area contributed by atoms with E-state index in [1.54, 1.807) is 0 Å². The lowest BCUT2D eigenvalue weighted by molar-refractivity contribution is -0.141. The molecule has 1 aliphatic rings. The molecule has 0 aromatic carbocycles. The van der Waals surface area contributed by atoms with Crippen LogP contribution in [-0.2, 0) is 4.79 Å². The van der Waals surface area contributed by atoms with Crippen molar-refractivity contribution in [2.45, 2.75) is 37.3 Å². The van der Waals surface area contributed by atoms with Gasteiger partial charge in [0, 0.05) is 6.42 Å². The van der Waals surface area contributed by atoms with E-state index in [2.05, 4.69) is 0 Å². The number of hydrogen-bond acceptors (Lipinski definition) is 3. The van der Waals surface area contributed by atoms with Gasteiger partial charge in [-0.3, -0.25) is 4.79 Å². The Morgan fingerprint density at radius 3 is 2.45 bits per heavy atom. The van der Waals surface area contributed by atoms with Crippen LogP contribution < -0.4 is 5.73 Å². The van der Waals surface area contributed by atoms with E-state index in [1.807, 2.05) is 0 Å². The Morgan fingerprint density at radius 1 is 1.64 bits per heavy atom. The second-order valence-electron chi connectivity index (χ2n) is 3.23. The number of carboxylic acids is 1. The van der Waals surface area contributed by atoms with Crippen molar-refractivity contribution in [3.63, 3.8) is 0 Å². The number of rotatable bonds is 3. The summed E-state index contributed by atoms with van der Waals surface area (Å²) >= 11 is 0. The third kappa shape index (κ3) is 1.91. The number of aliphatic hydroxyl groups is 1. The Kier molecular flexibility index (Phi) is 2.15. The third-order valence-electron chi connectivity index (χ3n) is 2.20. The largest absolute Gasteiger partial charge is 0.480 e. The van der Waals surface area contributed by atoms with Crippen molar-refractivity contribution < 1.29 is 15.0 Å². The molecule has 4 heteroatoms. The van der Waals surface area contributed by atoms with Crippen LogP contribution in [0.15, 0.2) is 0 Å². The number of hydrogen-bond donors (Lipinski definition) is 3. The summed E-state index contributed by atoms with van der Waals surface area (Å²) in [6, 6.07) is -0.916. The lowest BCUT2D eigenvalue weighted by atomic mass is 9.76. The maximum Gasteiger partial charge on any atom is 0.320 e. The van der Waals surface area contributed by atoms with Gasteiger partial charge in [0.25, 0.3) is 0 Å². The molecular formula is C7H13NO3. The summed E-state index contributed by atoms with van der Waals surface area (Å²) < 4.78 is 0. The van der Waals surface area contributed by atoms with E-state index in [-0.39, 0.29) is 6.42 Å². The minimum absolute atomic E-state index is 0.183. The first kappa shape index (κ1) is 8.49. The first-order valence-electron chi connectivity index (χ1n) is 3.74. The molecule has 0 amide bonds. The topological polar surface area (TPSA) is 83.5 Å². The minimum Gasteiger partial charge on any atom is -0.480 e. The van der Waals surface area contributed by atoms with E-state index in [0.29, 0.717) is 12.8 Å². The van der Waals surface area contributed by atoms with E-state index >= 15 is 0 Å². The highest BCUT2D eigenvalue weighted by molar-refractivity contribution is 5.73. The molecule has 0 aliphatic heterocycles. The molecular weight excluding hydrogens is 146 g/mol. The van der Waals surface area contributed by atoms with Crippen LogP contribution in [0.5, 0.6) is 0 Å². The molecule has 0 aromatic heterocycles. The summed E-state index contributed by atoms with van der Waals surface area (Å²) in [6.07, 6.45) is 2.53. The minimum atomic E-state index is -1.04. The Morgan fingerprint density at radius 2 is 2.18 bits per heavy atom. The molecule has 1 unspecified atom stereocenters. The summed E-state index contributed by atoms with van der Waals surface area (Å²) in [5, 5.41) is 17.9. The Bertz CT molecular complexity index is 165. The fourth-order valence-corrected chi connectivity index (χ4v) is 1.29. The maximum atomic E-state index is 10.3. The van der Waals surface area contributed by atoms with Gasteiger partial charge in [0.05, 0.1) is 5.60 Å². The molecule has 0 aromatic rings. The average molecular weight is 159 g/mol. The standard InChI is InChI=1S/C7H13NO3/c8-5(6(9)10)4-7(11)2-1-3-7/h5,11H,1-4,8H2,(H,9,10). The monoisotopic (exact) mass is 159 g/mol. The second-order valence-corrected chi connectivity index (χ2v) is 3.23. The second kappa shape index (κ2) is 2.79. The number of carboxylic acid groups (broad SMARTS) is 1. The molecule has 4 nitrogen and oxygen atoms in total. The Hall–Kier alpha value is -0.610. The Balaban J connectivity index is 2.35. The van der Waals surface area contributed by atoms with Gasteiger partial charge in [-0.1, -0.05) is 0 Å². The fraction of sp³-hybridized carbons (Fsp3) is 0.857. The predicted octanol–water partition coefficient (Wildman–Crippen LogP) is -0.297. The molecule has 0 saturated heterocycles. The average Bonchev–Trinajstić information content (AvgIpc) is 1.84. The number of carbonyl (C=O) groups is 1. The van der Waals surface area contributed by atoms with E-state index in [1.165, 1.54) is 0 Å². The lowest BCUT2D eigenvalue weighted by Crippen LogP contribution is -2.45. The van der Waals surface area contributed by atoms with E-state index in [4.69, 9.17) is 10.8 Å². The molecule has 0 bridgehead atoms. The van der Waals surface area contributed by atoms with E-state index in [0.717, 1.165) is 6.42 Å². The van der Waals surface area contributed by atoms with E-state index in [9.17, 15) is 9.90 Å². The first-order valence-corrected chi connectivity index (χ1v) is 3.74. The molecule has 0 radical (unpaired) electrons. The highest BCUT2D eigenvalue weighted by Gasteiger charge is 2.37. The van der Waals surface area contributed by atoms with Crippen molar-refractivity contribution in [3.8, 4) is 0 Å². The maximum absolute atomic E-state index is 10.3. The van der Waals surface area contributed by atoms with Crippen molar-refractivity contribution in [2.75, 3.05) is 0 Å². The molecule has 1 atom stereocenters. The zero-order valence-corrected chi connectivity index (χ0v) is 6.29. The van der Waals surface area contributed by atoms with E-state index < -0.39 is 17.6 Å². The van der Waals surface area contributed by atoms with Crippen molar-refractivity contribution in [1.29, 1.82) is 0 Å². The third-order valence-corrected chi connectivity index (χ3v) is 2.20. The molecule has 0 spiro atoms. The summed E-state index contributed by atoms with van der Waals surface area (Å²) in [6.45, 7) is 0. The van der Waals surface area contributed by atoms with Crippen LogP contribution in [0.3, 0.4) is 0 Å². The first-order chi connectivity index (χ1) is 5.03. The fourth-order valence-electron chi connectivity index (χ4n) is 1.29. The van der Waals surface area contributed by atoms with Gasteiger partial charge in [-0.15, -0.1) is 0 Å². The normalized spacial score (nSPS) is 23.8. The molecule has 11 heavy (non-hydrogen) atoms. The Labute approximate surface area is 65.0 Å². The highest BCUT2D eigenvalue weighted by atomic mass is 16.4. The van der Waals surface area contributed by atoms with Crippen LogP contribution in [0.2, 0.25) is 0 Å². The number of aliphatic carboxylic acids is 1. The van der Waals surface area contributed by atoms with Crippen molar-refractivity contribution in [1.82, 2.24) is 0 Å². The van der Waals surface area contributed by atoms with Crippen LogP contribution in [0.1, 0.15) is 25.7 Å². The summed E-state index contributed by atoms with van der Waals surface area (Å²) in [5.74, 6) is -1.04. The molecule has 1 saturated carbocycles. The molecule has 64 valence electrons. The molecule has 0 heterocycles. The van der Waals surface area contributed by atoms with Crippen molar-refractivity contribution in [2.24, 2.45) is 5.73 Å². The van der Waals surface area contributed by atoms with Gasteiger partial charge in [-0.2, -0.15) is 0 Å². The molecule has 1 rings (SSSR count). The zero-order valence-electron chi connectivity index (χ0n) is 6.29. The van der Waals surface area contributed by atoms with Gasteiger partial charge in [0.1, 0.15) is 6.04 Å². The smallest absolute Gasteiger partial charge is 0.320 e. The van der Waals surface area contributed by atoms with Crippen LogP contribution >= 0.6 is 0 Å². The summed E-state index contributed by atoms with van der Waals surface area (Å²) in [7, 11) is 0. The van der Waals surface area contributed by atoms with Crippen LogP contribution in [-0.4, -0.2) is 27.8 Å². The highest BCUT2D eigenvalue weighted by Crippen LogP contribution is 2.35. The van der Waals surface area contributed by atoms with Gasteiger partial charge >= 0.3 is 5.97 Å².